The minimum absolute atomic E-state index is 0.527. The molecule has 0 amide bonds. The van der Waals surface area contributed by atoms with Gasteiger partial charge in [-0.15, -0.1) is 0 Å². The molecule has 0 bridgehead atoms. The largest absolute Gasteiger partial charge is 0.496 e. The third kappa shape index (κ3) is 5.32. The summed E-state index contributed by atoms with van der Waals surface area (Å²) >= 11 is 1.25. The van der Waals surface area contributed by atoms with Crippen molar-refractivity contribution in [1.82, 2.24) is 14.3 Å². The number of hydrogen-bond donors (Lipinski definition) is 0. The zero-order valence-electron chi connectivity index (χ0n) is 17.5. The fraction of sp³-hybridized carbons (Fsp3) is 0.318. The fourth-order valence-electron chi connectivity index (χ4n) is 2.73. The number of aliphatic imine (C=N–C) groups is 1. The first-order chi connectivity index (χ1) is 14.0. The summed E-state index contributed by atoms with van der Waals surface area (Å²) in [6.45, 7) is 7.04. The second-order valence-corrected chi connectivity index (χ2v) is 7.50. The van der Waals surface area contributed by atoms with Crippen LogP contribution in [-0.4, -0.2) is 41.3 Å². The molecule has 0 fully saturated rings. The van der Waals surface area contributed by atoms with Crippen LogP contribution in [0.1, 0.15) is 29.4 Å². The first-order valence-corrected chi connectivity index (χ1v) is 10.3. The van der Waals surface area contributed by atoms with E-state index in [1.54, 1.807) is 7.11 Å². The number of para-hydroxylation sites is 1. The van der Waals surface area contributed by atoms with Gasteiger partial charge in [0.1, 0.15) is 11.5 Å². The zero-order valence-corrected chi connectivity index (χ0v) is 18.3. The Morgan fingerprint density at radius 2 is 1.93 bits per heavy atom. The maximum absolute atomic E-state index is 6.02. The third-order valence-electron chi connectivity index (χ3n) is 4.57. The number of methoxy groups -OCH3 is 1. The van der Waals surface area contributed by atoms with Gasteiger partial charge in [0.2, 0.25) is 0 Å². The summed E-state index contributed by atoms with van der Waals surface area (Å²) in [5.41, 5.74) is 4.03. The number of aromatic nitrogens is 2. The smallest absolute Gasteiger partial charge is 0.298 e. The molecule has 0 aliphatic carbocycles. The molecular formula is C22H26N4O2S. The highest BCUT2D eigenvalue weighted by Crippen LogP contribution is 2.32. The maximum atomic E-state index is 6.02. The van der Waals surface area contributed by atoms with Crippen LogP contribution in [-0.2, 0) is 6.42 Å². The summed E-state index contributed by atoms with van der Waals surface area (Å²) in [6, 6.07) is 11.9. The van der Waals surface area contributed by atoms with Gasteiger partial charge in [0.15, 0.2) is 5.82 Å². The van der Waals surface area contributed by atoms with Gasteiger partial charge in [-0.25, -0.2) is 4.99 Å². The highest BCUT2D eigenvalue weighted by atomic mass is 32.1. The molecule has 7 heteroatoms. The van der Waals surface area contributed by atoms with Crippen LogP contribution in [0, 0.1) is 13.8 Å². The van der Waals surface area contributed by atoms with Gasteiger partial charge in [0.05, 0.1) is 19.1 Å². The quantitative estimate of drug-likeness (QED) is 0.379. The van der Waals surface area contributed by atoms with Gasteiger partial charge in [-0.05, 0) is 50.1 Å². The number of nitrogens with zero attached hydrogens (tertiary/aromatic N) is 4. The van der Waals surface area contributed by atoms with Crippen LogP contribution in [0.15, 0.2) is 41.4 Å². The van der Waals surface area contributed by atoms with Gasteiger partial charge in [-0.3, -0.25) is 0 Å². The molecule has 0 aliphatic rings. The van der Waals surface area contributed by atoms with Gasteiger partial charge in [-0.2, -0.15) is 9.36 Å². The molecule has 6 nitrogen and oxygen atoms in total. The molecule has 1 aromatic heterocycles. The SMILES string of the molecule is CCN(C)C=Nc1cc(C)c(Oc2nc(Cc3ccccc3OC)ns2)cc1C. The van der Waals surface area contributed by atoms with Crippen molar-refractivity contribution in [3.05, 3.63) is 58.9 Å². The highest BCUT2D eigenvalue weighted by Gasteiger charge is 2.12. The Balaban J connectivity index is 1.74. The summed E-state index contributed by atoms with van der Waals surface area (Å²) in [4.78, 5) is 11.1. The van der Waals surface area contributed by atoms with Crippen molar-refractivity contribution in [2.24, 2.45) is 4.99 Å². The number of ether oxygens (including phenoxy) is 2. The molecule has 0 saturated carbocycles. The number of benzene rings is 2. The lowest BCUT2D eigenvalue weighted by atomic mass is 10.1. The first-order valence-electron chi connectivity index (χ1n) is 9.48. The second kappa shape index (κ2) is 9.52. The fourth-order valence-corrected chi connectivity index (χ4v) is 3.29. The van der Waals surface area contributed by atoms with Crippen molar-refractivity contribution in [3.8, 4) is 16.7 Å². The van der Waals surface area contributed by atoms with Gasteiger partial charge < -0.3 is 14.4 Å². The molecule has 2 aromatic carbocycles. The van der Waals surface area contributed by atoms with E-state index in [0.29, 0.717) is 17.4 Å². The minimum atomic E-state index is 0.527. The second-order valence-electron chi connectivity index (χ2n) is 6.79. The molecule has 152 valence electrons. The number of rotatable bonds is 8. The molecule has 0 atom stereocenters. The van der Waals surface area contributed by atoms with Gasteiger partial charge in [-0.1, -0.05) is 18.2 Å². The normalized spacial score (nSPS) is 11.1. The molecule has 1 heterocycles. The lowest BCUT2D eigenvalue weighted by molar-refractivity contribution is 0.410. The molecule has 0 unspecified atom stereocenters. The molecule has 29 heavy (non-hydrogen) atoms. The van der Waals surface area contributed by atoms with Crippen molar-refractivity contribution in [2.45, 2.75) is 27.2 Å². The molecule has 3 rings (SSSR count). The van der Waals surface area contributed by atoms with E-state index in [-0.39, 0.29) is 0 Å². The van der Waals surface area contributed by atoms with Gasteiger partial charge >= 0.3 is 0 Å². The Morgan fingerprint density at radius 3 is 2.69 bits per heavy atom. The van der Waals surface area contributed by atoms with Crippen LogP contribution in [0.2, 0.25) is 0 Å². The molecule has 0 radical (unpaired) electrons. The predicted molar refractivity (Wildman–Crippen MR) is 118 cm³/mol. The van der Waals surface area contributed by atoms with E-state index >= 15 is 0 Å². The van der Waals surface area contributed by atoms with Crippen LogP contribution in [0.4, 0.5) is 5.69 Å². The summed E-state index contributed by atoms with van der Waals surface area (Å²) in [5.74, 6) is 2.32. The van der Waals surface area contributed by atoms with Gasteiger partial charge in [0.25, 0.3) is 5.19 Å². The van der Waals surface area contributed by atoms with E-state index < -0.39 is 0 Å². The van der Waals surface area contributed by atoms with Crippen molar-refractivity contribution in [2.75, 3.05) is 20.7 Å². The zero-order chi connectivity index (χ0) is 20.8. The standard InChI is InChI=1S/C22H26N4O2S/c1-6-26(4)14-23-18-11-16(3)20(12-15(18)2)28-22-24-21(25-29-22)13-17-9-7-8-10-19(17)27-5/h7-12,14H,6,13H2,1-5H3. The van der Waals surface area contributed by atoms with E-state index in [1.165, 1.54) is 11.5 Å². The van der Waals surface area contributed by atoms with Gasteiger partial charge in [0, 0.05) is 37.1 Å². The average molecular weight is 411 g/mol. The van der Waals surface area contributed by atoms with E-state index in [1.807, 2.05) is 68.5 Å². The first kappa shape index (κ1) is 20.8. The summed E-state index contributed by atoms with van der Waals surface area (Å²) < 4.78 is 15.9. The third-order valence-corrected chi connectivity index (χ3v) is 5.21. The highest BCUT2D eigenvalue weighted by molar-refractivity contribution is 7.07. The minimum Gasteiger partial charge on any atom is -0.496 e. The van der Waals surface area contributed by atoms with Crippen LogP contribution >= 0.6 is 11.5 Å². The van der Waals surface area contributed by atoms with Crippen molar-refractivity contribution >= 4 is 23.6 Å². The van der Waals surface area contributed by atoms with Crippen molar-refractivity contribution in [3.63, 3.8) is 0 Å². The summed E-state index contributed by atoms with van der Waals surface area (Å²) in [6.07, 6.45) is 2.44. The maximum Gasteiger partial charge on any atom is 0.298 e. The topological polar surface area (TPSA) is 59.8 Å². The lowest BCUT2D eigenvalue weighted by Gasteiger charge is -2.11. The van der Waals surface area contributed by atoms with Crippen LogP contribution in [0.25, 0.3) is 0 Å². The van der Waals surface area contributed by atoms with E-state index in [9.17, 15) is 0 Å². The Hall–Kier alpha value is -2.93. The molecular weight excluding hydrogens is 384 g/mol. The number of hydrogen-bond acceptors (Lipinski definition) is 6. The van der Waals surface area contributed by atoms with E-state index in [0.717, 1.165) is 40.4 Å². The molecule has 0 N–H and O–H groups in total. The summed E-state index contributed by atoms with van der Waals surface area (Å²) in [5, 5.41) is 0.527. The Bertz CT molecular complexity index is 1000. The molecule has 3 aromatic rings. The molecule has 0 aliphatic heterocycles. The monoisotopic (exact) mass is 410 g/mol. The summed E-state index contributed by atoms with van der Waals surface area (Å²) in [7, 11) is 3.67. The molecule has 0 spiro atoms. The Morgan fingerprint density at radius 1 is 1.14 bits per heavy atom. The average Bonchev–Trinajstić information content (AvgIpc) is 3.16. The van der Waals surface area contributed by atoms with E-state index in [2.05, 4.69) is 21.3 Å². The van der Waals surface area contributed by atoms with Crippen LogP contribution in [0.5, 0.6) is 16.7 Å². The Kier molecular flexibility index (Phi) is 6.82. The van der Waals surface area contributed by atoms with E-state index in [4.69, 9.17) is 9.47 Å². The van der Waals surface area contributed by atoms with Crippen molar-refractivity contribution < 1.29 is 9.47 Å². The predicted octanol–water partition coefficient (Wildman–Crippen LogP) is 5.16. The molecule has 0 saturated heterocycles. The number of aryl methyl sites for hydroxylation is 2. The van der Waals surface area contributed by atoms with Crippen LogP contribution in [0.3, 0.4) is 0 Å². The van der Waals surface area contributed by atoms with Crippen LogP contribution < -0.4 is 9.47 Å². The van der Waals surface area contributed by atoms with Crippen molar-refractivity contribution in [1.29, 1.82) is 0 Å². The lowest BCUT2D eigenvalue weighted by Crippen LogP contribution is -2.14. The Labute approximate surface area is 176 Å².